The van der Waals surface area contributed by atoms with E-state index < -0.39 is 0 Å². The highest BCUT2D eigenvalue weighted by Gasteiger charge is 2.22. The normalized spacial score (nSPS) is 19.0. The third kappa shape index (κ3) is 5.00. The molecule has 0 atom stereocenters. The Hall–Kier alpha value is -2.86. The molecule has 1 aliphatic carbocycles. The SMILES string of the molecule is CN(C)c1nc(NC2CCC(CNCc3ccc(O)cc3)CC2)nc2ccccc12. The lowest BCUT2D eigenvalue weighted by atomic mass is 9.86. The third-order valence-corrected chi connectivity index (χ3v) is 5.89. The number of aromatic hydroxyl groups is 1. The summed E-state index contributed by atoms with van der Waals surface area (Å²) in [5.74, 6) is 2.70. The van der Waals surface area contributed by atoms with E-state index in [2.05, 4.69) is 16.7 Å². The van der Waals surface area contributed by atoms with Gasteiger partial charge >= 0.3 is 0 Å². The van der Waals surface area contributed by atoms with Crippen LogP contribution < -0.4 is 15.5 Å². The molecule has 1 heterocycles. The number of para-hydroxylation sites is 1. The van der Waals surface area contributed by atoms with E-state index in [1.54, 1.807) is 12.1 Å². The molecule has 158 valence electrons. The average Bonchev–Trinajstić information content (AvgIpc) is 2.76. The Labute approximate surface area is 178 Å². The van der Waals surface area contributed by atoms with Crippen molar-refractivity contribution in [1.82, 2.24) is 15.3 Å². The number of hydrogen-bond acceptors (Lipinski definition) is 6. The molecule has 0 unspecified atom stereocenters. The molecular weight excluding hydrogens is 374 g/mol. The zero-order valence-corrected chi connectivity index (χ0v) is 17.8. The number of aromatic nitrogens is 2. The van der Waals surface area contributed by atoms with E-state index in [0.29, 0.717) is 17.7 Å². The van der Waals surface area contributed by atoms with Crippen LogP contribution in [0.4, 0.5) is 11.8 Å². The van der Waals surface area contributed by atoms with E-state index >= 15 is 0 Å². The number of fused-ring (bicyclic) bond motifs is 1. The van der Waals surface area contributed by atoms with Crippen molar-refractivity contribution in [2.45, 2.75) is 38.3 Å². The second-order valence-electron chi connectivity index (χ2n) is 8.44. The molecule has 1 fully saturated rings. The van der Waals surface area contributed by atoms with Crippen LogP contribution in [0, 0.1) is 5.92 Å². The molecule has 0 aliphatic heterocycles. The van der Waals surface area contributed by atoms with Crippen LogP contribution in [0.25, 0.3) is 10.9 Å². The summed E-state index contributed by atoms with van der Waals surface area (Å²) in [5, 5.41) is 17.6. The second kappa shape index (κ2) is 9.30. The highest BCUT2D eigenvalue weighted by atomic mass is 16.3. The van der Waals surface area contributed by atoms with E-state index in [4.69, 9.17) is 9.97 Å². The fraction of sp³-hybridized carbons (Fsp3) is 0.417. The zero-order chi connectivity index (χ0) is 20.9. The van der Waals surface area contributed by atoms with Gasteiger partial charge in [0, 0.05) is 32.1 Å². The van der Waals surface area contributed by atoms with Crippen LogP contribution in [-0.4, -0.2) is 41.8 Å². The topological polar surface area (TPSA) is 73.3 Å². The number of phenols is 1. The second-order valence-corrected chi connectivity index (χ2v) is 8.44. The fourth-order valence-electron chi connectivity index (χ4n) is 4.19. The Morgan fingerprint density at radius 2 is 1.70 bits per heavy atom. The van der Waals surface area contributed by atoms with Gasteiger partial charge in [0.2, 0.25) is 5.95 Å². The summed E-state index contributed by atoms with van der Waals surface area (Å²) < 4.78 is 0. The van der Waals surface area contributed by atoms with Gasteiger partial charge in [-0.15, -0.1) is 0 Å². The van der Waals surface area contributed by atoms with Gasteiger partial charge in [-0.2, -0.15) is 4.98 Å². The molecule has 4 rings (SSSR count). The highest BCUT2D eigenvalue weighted by molar-refractivity contribution is 5.90. The number of hydrogen-bond donors (Lipinski definition) is 3. The highest BCUT2D eigenvalue weighted by Crippen LogP contribution is 2.28. The zero-order valence-electron chi connectivity index (χ0n) is 17.8. The van der Waals surface area contributed by atoms with Gasteiger partial charge in [-0.25, -0.2) is 4.98 Å². The molecule has 3 N–H and O–H groups in total. The van der Waals surface area contributed by atoms with E-state index in [9.17, 15) is 5.11 Å². The Morgan fingerprint density at radius 1 is 0.967 bits per heavy atom. The summed E-state index contributed by atoms with van der Waals surface area (Å²) in [4.78, 5) is 11.6. The first-order chi connectivity index (χ1) is 14.6. The number of rotatable bonds is 7. The van der Waals surface area contributed by atoms with E-state index in [-0.39, 0.29) is 0 Å². The first kappa shape index (κ1) is 20.4. The van der Waals surface area contributed by atoms with Crippen molar-refractivity contribution in [1.29, 1.82) is 0 Å². The molecule has 6 heteroatoms. The summed E-state index contributed by atoms with van der Waals surface area (Å²) in [6.07, 6.45) is 4.68. The fourth-order valence-corrected chi connectivity index (χ4v) is 4.19. The van der Waals surface area contributed by atoms with Gasteiger partial charge in [-0.1, -0.05) is 24.3 Å². The van der Waals surface area contributed by atoms with Gasteiger partial charge in [0.25, 0.3) is 0 Å². The predicted octanol–water partition coefficient (Wildman–Crippen LogP) is 4.16. The van der Waals surface area contributed by atoms with Crippen molar-refractivity contribution in [3.63, 3.8) is 0 Å². The summed E-state index contributed by atoms with van der Waals surface area (Å²) in [5.41, 5.74) is 2.18. The molecule has 1 aliphatic rings. The Balaban J connectivity index is 1.29. The quantitative estimate of drug-likeness (QED) is 0.548. The molecule has 1 saturated carbocycles. The minimum absolute atomic E-state index is 0.317. The van der Waals surface area contributed by atoms with Crippen molar-refractivity contribution < 1.29 is 5.11 Å². The van der Waals surface area contributed by atoms with Gasteiger partial charge in [0.15, 0.2) is 0 Å². The maximum atomic E-state index is 9.37. The van der Waals surface area contributed by atoms with E-state index in [0.717, 1.165) is 48.6 Å². The van der Waals surface area contributed by atoms with Crippen LogP contribution in [-0.2, 0) is 6.54 Å². The van der Waals surface area contributed by atoms with Gasteiger partial charge in [-0.3, -0.25) is 0 Å². The van der Waals surface area contributed by atoms with Crippen LogP contribution in [0.1, 0.15) is 31.2 Å². The van der Waals surface area contributed by atoms with Crippen molar-refractivity contribution in [3.8, 4) is 5.75 Å². The summed E-state index contributed by atoms with van der Waals surface area (Å²) in [7, 11) is 4.05. The minimum atomic E-state index is 0.317. The number of phenolic OH excluding ortho intramolecular Hbond substituents is 1. The lowest BCUT2D eigenvalue weighted by Gasteiger charge is -2.29. The molecule has 6 nitrogen and oxygen atoms in total. The Bertz CT molecular complexity index is 965. The lowest BCUT2D eigenvalue weighted by Crippen LogP contribution is -2.31. The summed E-state index contributed by atoms with van der Waals surface area (Å²) in [6, 6.07) is 16.0. The van der Waals surface area contributed by atoms with Crippen LogP contribution >= 0.6 is 0 Å². The van der Waals surface area contributed by atoms with Crippen molar-refractivity contribution >= 4 is 22.7 Å². The predicted molar refractivity (Wildman–Crippen MR) is 123 cm³/mol. The molecule has 30 heavy (non-hydrogen) atoms. The molecule has 0 saturated heterocycles. The van der Waals surface area contributed by atoms with Crippen LogP contribution in [0.2, 0.25) is 0 Å². The number of benzene rings is 2. The Morgan fingerprint density at radius 3 is 2.43 bits per heavy atom. The first-order valence-corrected chi connectivity index (χ1v) is 10.8. The monoisotopic (exact) mass is 405 g/mol. The maximum Gasteiger partial charge on any atom is 0.225 e. The maximum absolute atomic E-state index is 9.37. The summed E-state index contributed by atoms with van der Waals surface area (Å²) >= 11 is 0. The lowest BCUT2D eigenvalue weighted by molar-refractivity contribution is 0.324. The molecular formula is C24H31N5O. The molecule has 2 aromatic carbocycles. The van der Waals surface area contributed by atoms with Gasteiger partial charge in [0.05, 0.1) is 5.52 Å². The van der Waals surface area contributed by atoms with Crippen molar-refractivity contribution in [2.75, 3.05) is 30.9 Å². The number of anilines is 2. The van der Waals surface area contributed by atoms with E-state index in [1.807, 2.05) is 49.3 Å². The summed E-state index contributed by atoms with van der Waals surface area (Å²) in [6.45, 7) is 1.88. The van der Waals surface area contributed by atoms with Gasteiger partial charge < -0.3 is 20.6 Å². The average molecular weight is 406 g/mol. The molecule has 0 radical (unpaired) electrons. The Kier molecular flexibility index (Phi) is 6.33. The smallest absolute Gasteiger partial charge is 0.225 e. The largest absolute Gasteiger partial charge is 0.508 e. The van der Waals surface area contributed by atoms with Gasteiger partial charge in [0.1, 0.15) is 11.6 Å². The van der Waals surface area contributed by atoms with Gasteiger partial charge in [-0.05, 0) is 68.0 Å². The molecule has 1 aromatic heterocycles. The van der Waals surface area contributed by atoms with Crippen molar-refractivity contribution in [3.05, 3.63) is 54.1 Å². The molecule has 0 bridgehead atoms. The first-order valence-electron chi connectivity index (χ1n) is 10.8. The minimum Gasteiger partial charge on any atom is -0.508 e. The van der Waals surface area contributed by atoms with Crippen molar-refractivity contribution in [2.24, 2.45) is 5.92 Å². The van der Waals surface area contributed by atoms with Crippen LogP contribution in [0.15, 0.2) is 48.5 Å². The van der Waals surface area contributed by atoms with E-state index in [1.165, 1.54) is 18.4 Å². The molecule has 0 amide bonds. The standard InChI is InChI=1S/C24H31N5O/c1-29(2)23-21-5-3-4-6-22(21)27-24(28-23)26-19-11-7-17(8-12-19)15-25-16-18-9-13-20(30)14-10-18/h3-6,9-10,13-14,17,19,25,30H,7-8,11-12,15-16H2,1-2H3,(H,26,27,28). The molecule has 3 aromatic rings. The molecule has 0 spiro atoms. The third-order valence-electron chi connectivity index (χ3n) is 5.89. The van der Waals surface area contributed by atoms with Crippen LogP contribution in [0.3, 0.4) is 0 Å². The number of nitrogens with zero attached hydrogens (tertiary/aromatic N) is 3. The van der Waals surface area contributed by atoms with Crippen LogP contribution in [0.5, 0.6) is 5.75 Å². The number of nitrogens with one attached hydrogen (secondary N) is 2.